The molecule has 0 aliphatic rings. The first-order valence-corrected chi connectivity index (χ1v) is 55.2. The molecule has 0 saturated heterocycles. The van der Waals surface area contributed by atoms with E-state index in [9.17, 15) is 170 Å². The van der Waals surface area contributed by atoms with Gasteiger partial charge in [0, 0.05) is 21.8 Å². The van der Waals surface area contributed by atoms with Crippen molar-refractivity contribution in [2.24, 2.45) is 30.7 Å². The van der Waals surface area contributed by atoms with Crippen LogP contribution in [0.4, 0.5) is 80.7 Å². The first kappa shape index (κ1) is 145. The molecule has 0 spiro atoms. The molecular weight excluding hydrogens is 2410 g/mol. The van der Waals surface area contributed by atoms with Crippen LogP contribution in [0.1, 0.15) is 0 Å². The van der Waals surface area contributed by atoms with Gasteiger partial charge in [0.15, 0.2) is 46.8 Å². The van der Waals surface area contributed by atoms with E-state index in [1.165, 1.54) is 12.1 Å². The Labute approximate surface area is 1080 Å². The molecule has 2 aromatic heterocycles. The predicted molar refractivity (Wildman–Crippen MR) is 457 cm³/mol. The minimum atomic E-state index is -5.73. The molecule has 2 heterocycles. The first-order valence-electron chi connectivity index (χ1n) is 35.7. The summed E-state index contributed by atoms with van der Waals surface area (Å²) in [4.78, 5) is 13.9. The number of anilines is 8. The molecule has 0 amide bonds. The minimum Gasteiger partial charge on any atom is -0.744 e. The topological polar surface area (TPSA) is 962 Å². The van der Waals surface area contributed by atoms with Crippen molar-refractivity contribution in [1.29, 1.82) is 0 Å². The molecular formula is C66H44Cl2N16Na10O42S13. The molecule has 0 aliphatic heterocycles. The van der Waals surface area contributed by atoms with Gasteiger partial charge >= 0.3 is 296 Å². The average Bonchev–Trinajstić information content (AvgIpc) is 0.751. The van der Waals surface area contributed by atoms with Gasteiger partial charge in [-0.3, -0.25) is 12.5 Å². The maximum Gasteiger partial charge on any atom is 1.00 e. The standard InChI is InChI=1S/C39H32ClN9O26S8.C27H22ClN7O16S5.10Na/c40-37-43-38(41-27-17-25(78(56,57)58)13-19-15-29(80(62,63)64)33(35(50)31(19)27)48-46-21-1-5-23(6-2-21)76(52,53)11-9-74-82(68,69)70)45-39(44-37)42-28-18-26(79(59,60)61)14-20-16-30(81(65,66)67)34(36(51)32(20)28)49-47-22-3-7-24(8-4-22)77(54,55)12-10-75-83(71,72)73;28-25-31-26(29-16-2-1-3-18(12-16)53(39,40)41)33-27(32-25)30-20-13-19(54(42,43)44)10-14-11-21(55(45,46)47)23(24(36)22(14)20)35-34-15-4-6-17(7-5-15)52(37,38)9-8-51-56(48,49)50;;;;;;;;;;/h1-8,13-18,50-51H,9-12H2,(H,56,57,58)(H,59,60,61)(H,62,63,64)(H,65,66,67)(H,68,69,70)(H,71,72,73)(H2,41,42,43,44,45);1-7,10-13,36H,8-9H2,(H,39,40,41)(H,42,43,44)(H,45,46,47)(H,48,49,50)(H2,29,30,31,32,33);;;;;;;;;;/q;;10*+1/p-10. The Morgan fingerprint density at radius 2 is 0.503 bits per heavy atom. The normalized spacial score (nSPS) is 12.3. The summed E-state index contributed by atoms with van der Waals surface area (Å²) in [5.41, 5.74) is -6.12. The van der Waals surface area contributed by atoms with Crippen LogP contribution in [0, 0.1) is 0 Å². The number of aromatic nitrogens is 6. The van der Waals surface area contributed by atoms with Crippen molar-refractivity contribution in [2.75, 3.05) is 58.3 Å². The van der Waals surface area contributed by atoms with Crippen molar-refractivity contribution in [3.05, 3.63) is 162 Å². The zero-order valence-electron chi connectivity index (χ0n) is 76.9. The fourth-order valence-electron chi connectivity index (χ4n) is 11.7. The zero-order valence-corrected chi connectivity index (χ0v) is 109. The van der Waals surface area contributed by atoms with Gasteiger partial charge < -0.3 is 82.1 Å². The largest absolute Gasteiger partial charge is 1.00 e. The van der Waals surface area contributed by atoms with Gasteiger partial charge in [-0.15, -0.1) is 15.3 Å². The Kier molecular flexibility index (Phi) is 55.8. The Morgan fingerprint density at radius 3 is 0.725 bits per heavy atom. The Hall–Kier alpha value is -2.19. The Bertz CT molecular complexity index is 8580. The SMILES string of the molecule is O=S(=O)([O-])OCCS(=O)(=O)c1ccc(N=Nc2c(S(=O)(=O)[O-])cc3cc(S(=O)(=O)[O-])cc(Nc4nc(Cl)nc(Nc5cc(S(=O)(=O)[O-])cc6cc(S(=O)(=O)[O-])c(N=Nc7ccc(S(=O)(=O)CCOS(=O)(=O)[O-])cc7)c(O)c56)n4)c3c2O)cc1.O=S(=O)([O-])OCCS(=O)(=O)c1ccc(N=Nc2c(S(=O)(=O)[O-])cc3cc(S(=O)(=O)[O-])cc(Nc4nc(Cl)nc(Nc5cccc(S(=O)(=O)[O-])c5)n4)c3c2O)cc1.[Na+].[Na+].[Na+].[Na+].[Na+].[Na+].[Na+].[Na+].[Na+].[Na+]. The number of phenolic OH excluding ortho intramolecular Hbond substituents is 3. The molecule has 10 aromatic carbocycles. The van der Waals surface area contributed by atoms with E-state index in [1.807, 2.05) is 0 Å². The number of nitrogens with one attached hydrogen (secondary N) is 4. The van der Waals surface area contributed by atoms with E-state index in [0.29, 0.717) is 54.6 Å². The van der Waals surface area contributed by atoms with E-state index < -0.39 is 325 Å². The molecule has 0 unspecified atom stereocenters. The molecule has 0 saturated carbocycles. The van der Waals surface area contributed by atoms with E-state index in [-0.39, 0.29) is 329 Å². The van der Waals surface area contributed by atoms with Crippen LogP contribution < -0.4 is 317 Å². The minimum absolute atomic E-state index is 0. The molecule has 7 N–H and O–H groups in total. The molecule has 0 fully saturated rings. The number of halogens is 2. The summed E-state index contributed by atoms with van der Waals surface area (Å²) >= 11 is 12.2. The quantitative estimate of drug-likeness (QED) is 0.00830. The second kappa shape index (κ2) is 57.4. The van der Waals surface area contributed by atoms with Crippen molar-refractivity contribution in [2.45, 2.75) is 49.0 Å². The summed E-state index contributed by atoms with van der Waals surface area (Å²) in [6.45, 7) is -3.08. The number of phenols is 3. The number of nitrogens with zero attached hydrogens (tertiary/aromatic N) is 12. The predicted octanol–water partition coefficient (Wildman–Crippen LogP) is -25.0. The van der Waals surface area contributed by atoms with Crippen molar-refractivity contribution in [3.8, 4) is 17.2 Å². The van der Waals surface area contributed by atoms with Crippen LogP contribution in [0.3, 0.4) is 0 Å². The number of aromatic hydroxyl groups is 3. The molecule has 0 bridgehead atoms. The third-order valence-electron chi connectivity index (χ3n) is 17.5. The smallest absolute Gasteiger partial charge is 0.744 e. The fourth-order valence-corrected chi connectivity index (χ4v) is 20.5. The van der Waals surface area contributed by atoms with Crippen molar-refractivity contribution >= 4 is 268 Å². The molecule has 83 heteroatoms. The Balaban J connectivity index is 0.00000149. The van der Waals surface area contributed by atoms with E-state index in [1.54, 1.807) is 0 Å². The van der Waals surface area contributed by atoms with Gasteiger partial charge in [0.2, 0.25) is 65.6 Å². The maximum absolute atomic E-state index is 12.6. The number of rotatable bonds is 36. The summed E-state index contributed by atoms with van der Waals surface area (Å²) in [6.07, 6.45) is 0. The number of sulfone groups is 3. The van der Waals surface area contributed by atoms with E-state index >= 15 is 0 Å². The van der Waals surface area contributed by atoms with Gasteiger partial charge in [0.05, 0.1) is 120 Å². The van der Waals surface area contributed by atoms with E-state index in [4.69, 9.17) is 23.2 Å². The summed E-state index contributed by atoms with van der Waals surface area (Å²) in [5.74, 6) is -9.15. The number of benzene rings is 10. The van der Waals surface area contributed by atoms with Crippen LogP contribution in [0.2, 0.25) is 10.6 Å². The number of hydrogen-bond acceptors (Lipinski definition) is 58. The molecule has 742 valence electrons. The molecule has 0 atom stereocenters. The number of fused-ring (bicyclic) bond motifs is 3. The fraction of sp³-hybridized carbons (Fsp3) is 0.0909. The number of hydrogen-bond donors (Lipinski definition) is 7. The zero-order chi connectivity index (χ0) is 103. The molecule has 58 nitrogen and oxygen atoms in total. The maximum atomic E-state index is 12.6. The number of azo groups is 3. The molecule has 149 heavy (non-hydrogen) atoms. The van der Waals surface area contributed by atoms with Gasteiger partial charge in [-0.05, 0) is 185 Å². The molecule has 0 aliphatic carbocycles. The third kappa shape index (κ3) is 40.5. The average molecular weight is 2450 g/mol. The second-order valence-electron chi connectivity index (χ2n) is 26.9. The molecule has 12 rings (SSSR count). The van der Waals surface area contributed by atoms with Crippen LogP contribution in [0.25, 0.3) is 32.3 Å². The summed E-state index contributed by atoms with van der Waals surface area (Å²) in [6, 6.07) is 20.9. The molecule has 12 aromatic rings. The molecule has 0 radical (unpaired) electrons. The van der Waals surface area contributed by atoms with Crippen LogP contribution in [-0.2, 0) is 144 Å². The summed E-state index contributed by atoms with van der Waals surface area (Å²) in [5, 5.41) is 61.4. The van der Waals surface area contributed by atoms with E-state index in [2.05, 4.69) is 94.4 Å². The van der Waals surface area contributed by atoms with Crippen LogP contribution >= 0.6 is 23.2 Å². The van der Waals surface area contributed by atoms with Crippen LogP contribution in [0.15, 0.2) is 231 Å². The Morgan fingerprint density at radius 1 is 0.268 bits per heavy atom. The van der Waals surface area contributed by atoms with Crippen molar-refractivity contribution in [3.63, 3.8) is 0 Å². The van der Waals surface area contributed by atoms with E-state index in [0.717, 1.165) is 84.9 Å². The first-order chi connectivity index (χ1) is 63.9. The van der Waals surface area contributed by atoms with Gasteiger partial charge in [-0.1, -0.05) is 6.07 Å². The van der Waals surface area contributed by atoms with Gasteiger partial charge in [-0.2, -0.15) is 45.2 Å². The second-order valence-corrected chi connectivity index (χ2v) is 46.6. The van der Waals surface area contributed by atoms with Crippen LogP contribution in [-0.4, -0.2) is 237 Å². The van der Waals surface area contributed by atoms with Crippen molar-refractivity contribution < 1.29 is 478 Å². The van der Waals surface area contributed by atoms with Gasteiger partial charge in [0.1, 0.15) is 87.9 Å². The summed E-state index contributed by atoms with van der Waals surface area (Å²) in [7, 11) is -66.7. The van der Waals surface area contributed by atoms with Gasteiger partial charge in [0.25, 0.3) is 0 Å². The van der Waals surface area contributed by atoms with Gasteiger partial charge in [-0.25, -0.2) is 109 Å². The monoisotopic (exact) mass is 2450 g/mol. The van der Waals surface area contributed by atoms with Crippen LogP contribution in [0.5, 0.6) is 17.2 Å². The summed E-state index contributed by atoms with van der Waals surface area (Å²) < 4.78 is 441. The van der Waals surface area contributed by atoms with Crippen molar-refractivity contribution in [1.82, 2.24) is 29.9 Å². The third-order valence-corrected chi connectivity index (χ3v) is 30.1.